The van der Waals surface area contributed by atoms with Crippen molar-refractivity contribution in [3.8, 4) is 11.5 Å². The first-order valence-corrected chi connectivity index (χ1v) is 14.3. The van der Waals surface area contributed by atoms with Crippen molar-refractivity contribution < 1.29 is 29.6 Å². The number of carbonyl (C=O) groups is 2. The van der Waals surface area contributed by atoms with Crippen LogP contribution in [0.5, 0.6) is 11.5 Å². The van der Waals surface area contributed by atoms with Gasteiger partial charge in [-0.3, -0.25) is 14.4 Å². The molecule has 5 N–H and O–H groups in total. The lowest BCUT2D eigenvalue weighted by atomic mass is 9.73. The number of carboxylic acids is 1. The number of aromatic hydroxyl groups is 1. The van der Waals surface area contributed by atoms with Crippen molar-refractivity contribution in [2.75, 3.05) is 32.8 Å². The molecule has 0 radical (unpaired) electrons. The number of aliphatic hydroxyl groups excluding tert-OH is 1. The van der Waals surface area contributed by atoms with Gasteiger partial charge in [0.05, 0.1) is 18.2 Å². The van der Waals surface area contributed by atoms with Gasteiger partial charge in [-0.1, -0.05) is 42.5 Å². The van der Waals surface area contributed by atoms with Crippen LogP contribution in [0.15, 0.2) is 83.7 Å². The molecule has 43 heavy (non-hydrogen) atoms. The molecule has 1 amide bonds. The van der Waals surface area contributed by atoms with E-state index in [9.17, 15) is 29.7 Å². The third-order valence-corrected chi connectivity index (χ3v) is 7.90. The number of ether oxygens (including phenoxy) is 1. The lowest BCUT2D eigenvalue weighted by molar-refractivity contribution is -0.149. The summed E-state index contributed by atoms with van der Waals surface area (Å²) in [6, 6.07) is 22.0. The first-order chi connectivity index (χ1) is 20.8. The fraction of sp³-hybridized carbons (Fsp3) is 0.303. The summed E-state index contributed by atoms with van der Waals surface area (Å²) in [4.78, 5) is 40.9. The van der Waals surface area contributed by atoms with E-state index in [0.717, 1.165) is 19.3 Å². The van der Waals surface area contributed by atoms with Crippen molar-refractivity contribution in [3.63, 3.8) is 0 Å². The highest BCUT2D eigenvalue weighted by atomic mass is 16.5. The van der Waals surface area contributed by atoms with Gasteiger partial charge < -0.3 is 35.3 Å². The molecule has 0 saturated carbocycles. The predicted octanol–water partition coefficient (Wildman–Crippen LogP) is 3.58. The van der Waals surface area contributed by atoms with E-state index >= 15 is 0 Å². The number of aromatic amines is 1. The minimum absolute atomic E-state index is 0.0427. The minimum Gasteiger partial charge on any atom is -0.506 e. The van der Waals surface area contributed by atoms with Crippen LogP contribution < -0.4 is 15.6 Å². The van der Waals surface area contributed by atoms with Crippen LogP contribution in [-0.4, -0.2) is 69.9 Å². The number of carbonyl (C=O) groups excluding carboxylic acids is 1. The number of carboxylic acid groups (broad SMARTS) is 1. The van der Waals surface area contributed by atoms with E-state index in [1.54, 1.807) is 65.6 Å². The number of rotatable bonds is 13. The molecule has 0 bridgehead atoms. The van der Waals surface area contributed by atoms with Gasteiger partial charge in [-0.15, -0.1) is 0 Å². The second-order valence-electron chi connectivity index (χ2n) is 10.9. The number of phenolic OH excluding ortho intramolecular Hbond substituents is 1. The highest BCUT2D eigenvalue weighted by molar-refractivity contribution is 5.97. The second-order valence-corrected chi connectivity index (χ2v) is 10.9. The molecule has 1 saturated heterocycles. The van der Waals surface area contributed by atoms with E-state index in [0.29, 0.717) is 53.0 Å². The SMILES string of the molecule is O=C(c1cccc(OCCCCCNC[C@H](O)c2ccc(O)c3[nH]c(=O)ccc23)c1)N1CC(C(=O)O)(c2ccccc2)C1. The summed E-state index contributed by atoms with van der Waals surface area (Å²) in [5.41, 5.74) is 0.677. The van der Waals surface area contributed by atoms with Crippen LogP contribution in [0.1, 0.15) is 46.9 Å². The maximum atomic E-state index is 13.1. The summed E-state index contributed by atoms with van der Waals surface area (Å²) in [5.74, 6) is -0.613. The molecule has 224 valence electrons. The van der Waals surface area contributed by atoms with Crippen LogP contribution in [0.2, 0.25) is 0 Å². The van der Waals surface area contributed by atoms with Crippen LogP contribution in [0, 0.1) is 0 Å². The zero-order chi connectivity index (χ0) is 30.4. The molecular weight excluding hydrogens is 550 g/mol. The molecule has 0 aliphatic carbocycles. The Morgan fingerprint density at radius 3 is 2.53 bits per heavy atom. The van der Waals surface area contributed by atoms with Crippen molar-refractivity contribution in [1.29, 1.82) is 0 Å². The monoisotopic (exact) mass is 585 g/mol. The molecule has 2 heterocycles. The Kier molecular flexibility index (Phi) is 9.08. The van der Waals surface area contributed by atoms with Crippen LogP contribution in [0.25, 0.3) is 10.9 Å². The predicted molar refractivity (Wildman–Crippen MR) is 162 cm³/mol. The average molecular weight is 586 g/mol. The zero-order valence-corrected chi connectivity index (χ0v) is 23.7. The van der Waals surface area contributed by atoms with Crippen LogP contribution >= 0.6 is 0 Å². The van der Waals surface area contributed by atoms with E-state index in [1.807, 2.05) is 6.07 Å². The van der Waals surface area contributed by atoms with Gasteiger partial charge in [0.1, 0.15) is 16.9 Å². The molecule has 4 aromatic rings. The number of fused-ring (bicyclic) bond motifs is 1. The maximum absolute atomic E-state index is 13.1. The Bertz CT molecular complexity index is 1650. The highest BCUT2D eigenvalue weighted by Crippen LogP contribution is 2.36. The lowest BCUT2D eigenvalue weighted by Gasteiger charge is -2.47. The number of nitrogens with one attached hydrogen (secondary N) is 2. The van der Waals surface area contributed by atoms with E-state index in [-0.39, 0.29) is 30.3 Å². The molecule has 1 aromatic heterocycles. The number of hydrogen-bond donors (Lipinski definition) is 5. The van der Waals surface area contributed by atoms with Gasteiger partial charge in [0.2, 0.25) is 5.56 Å². The summed E-state index contributed by atoms with van der Waals surface area (Å²) in [5, 5.41) is 34.4. The number of phenols is 1. The topological polar surface area (TPSA) is 152 Å². The summed E-state index contributed by atoms with van der Waals surface area (Å²) < 4.78 is 5.87. The number of pyridine rings is 1. The number of likely N-dealkylation sites (tertiary alicyclic amines) is 1. The highest BCUT2D eigenvalue weighted by Gasteiger charge is 2.52. The fourth-order valence-electron chi connectivity index (χ4n) is 5.47. The van der Waals surface area contributed by atoms with Crippen LogP contribution in [0.3, 0.4) is 0 Å². The smallest absolute Gasteiger partial charge is 0.317 e. The van der Waals surface area contributed by atoms with Gasteiger partial charge in [0, 0.05) is 36.7 Å². The number of amides is 1. The minimum atomic E-state index is -1.08. The lowest BCUT2D eigenvalue weighted by Crippen LogP contribution is -2.65. The van der Waals surface area contributed by atoms with Crippen molar-refractivity contribution >= 4 is 22.8 Å². The summed E-state index contributed by atoms with van der Waals surface area (Å²) in [6.45, 7) is 1.75. The Labute approximate surface area is 248 Å². The Balaban J connectivity index is 1.02. The van der Waals surface area contributed by atoms with Gasteiger partial charge >= 0.3 is 5.97 Å². The molecule has 10 nitrogen and oxygen atoms in total. The second kappa shape index (κ2) is 13.1. The number of unbranched alkanes of at least 4 members (excludes halogenated alkanes) is 2. The quantitative estimate of drug-likeness (QED) is 0.149. The summed E-state index contributed by atoms with van der Waals surface area (Å²) >= 11 is 0. The maximum Gasteiger partial charge on any atom is 0.317 e. The molecule has 0 spiro atoms. The van der Waals surface area contributed by atoms with E-state index < -0.39 is 17.5 Å². The van der Waals surface area contributed by atoms with E-state index in [1.165, 1.54) is 12.1 Å². The number of aromatic nitrogens is 1. The Hall–Kier alpha value is -4.67. The van der Waals surface area contributed by atoms with Crippen molar-refractivity contribution in [3.05, 3.63) is 106 Å². The largest absolute Gasteiger partial charge is 0.506 e. The van der Waals surface area contributed by atoms with E-state index in [4.69, 9.17) is 4.74 Å². The number of aliphatic hydroxyl groups is 1. The summed E-state index contributed by atoms with van der Waals surface area (Å²) in [6.07, 6.45) is 1.78. The molecule has 0 unspecified atom stereocenters. The number of H-pyrrole nitrogens is 1. The van der Waals surface area contributed by atoms with Crippen LogP contribution in [-0.2, 0) is 10.2 Å². The standard InChI is InChI=1S/C33H35N3O7/c37-27-14-12-25(26-13-15-29(39)35-30(26)27)28(38)19-34-16-5-2-6-17-43-24-11-7-8-22(18-24)31(40)36-20-33(21-36,32(41)42)23-9-3-1-4-10-23/h1,3-4,7-15,18,28,34,37-38H,2,5-6,16-17,19-21H2,(H,35,39)(H,41,42)/t28-/m0/s1. The van der Waals surface area contributed by atoms with Gasteiger partial charge in [-0.2, -0.15) is 0 Å². The molecular formula is C33H35N3O7. The summed E-state index contributed by atoms with van der Waals surface area (Å²) in [7, 11) is 0. The molecule has 3 aromatic carbocycles. The fourth-order valence-corrected chi connectivity index (χ4v) is 5.47. The van der Waals surface area contributed by atoms with Crippen molar-refractivity contribution in [1.82, 2.24) is 15.2 Å². The molecule has 5 rings (SSSR count). The number of nitrogens with zero attached hydrogens (tertiary/aromatic N) is 1. The third-order valence-electron chi connectivity index (χ3n) is 7.90. The molecule has 1 aliphatic rings. The molecule has 10 heteroatoms. The van der Waals surface area contributed by atoms with Gasteiger partial charge in [-0.05, 0) is 67.3 Å². The average Bonchev–Trinajstić information content (AvgIpc) is 2.98. The third kappa shape index (κ3) is 6.55. The molecule has 1 aliphatic heterocycles. The first kappa shape index (κ1) is 29.8. The van der Waals surface area contributed by atoms with Gasteiger partial charge in [0.15, 0.2) is 0 Å². The Morgan fingerprint density at radius 2 is 1.77 bits per heavy atom. The normalized spacial score (nSPS) is 14.7. The van der Waals surface area contributed by atoms with Crippen molar-refractivity contribution in [2.24, 2.45) is 0 Å². The van der Waals surface area contributed by atoms with Gasteiger partial charge in [0.25, 0.3) is 5.91 Å². The zero-order valence-electron chi connectivity index (χ0n) is 23.7. The molecule has 1 atom stereocenters. The molecule has 1 fully saturated rings. The first-order valence-electron chi connectivity index (χ1n) is 14.3. The Morgan fingerprint density at radius 1 is 0.977 bits per heavy atom. The number of benzene rings is 3. The van der Waals surface area contributed by atoms with Crippen LogP contribution in [0.4, 0.5) is 0 Å². The van der Waals surface area contributed by atoms with Crippen molar-refractivity contribution in [2.45, 2.75) is 30.8 Å². The van der Waals surface area contributed by atoms with E-state index in [2.05, 4.69) is 10.3 Å². The number of hydrogen-bond acceptors (Lipinski definition) is 7. The number of aliphatic carboxylic acids is 1. The van der Waals surface area contributed by atoms with Gasteiger partial charge in [-0.25, -0.2) is 0 Å².